The predicted molar refractivity (Wildman–Crippen MR) is 127 cm³/mol. The van der Waals surface area contributed by atoms with Crippen LogP contribution < -0.4 is 11.1 Å². The van der Waals surface area contributed by atoms with Crippen molar-refractivity contribution in [2.75, 3.05) is 18.0 Å². The van der Waals surface area contributed by atoms with Crippen molar-refractivity contribution in [3.63, 3.8) is 0 Å². The van der Waals surface area contributed by atoms with Crippen LogP contribution >= 0.6 is 11.8 Å². The molecule has 4 aromatic rings. The molecule has 3 aromatic carbocycles. The van der Waals surface area contributed by atoms with Crippen molar-refractivity contribution in [3.8, 4) is 22.3 Å². The van der Waals surface area contributed by atoms with E-state index in [1.54, 1.807) is 30.0 Å². The Morgan fingerprint density at radius 2 is 1.62 bits per heavy atom. The lowest BCUT2D eigenvalue weighted by Gasteiger charge is -2.11. The third-order valence-electron chi connectivity index (χ3n) is 4.83. The summed E-state index contributed by atoms with van der Waals surface area (Å²) in [5.41, 5.74) is 8.85. The minimum atomic E-state index is -0.356. The van der Waals surface area contributed by atoms with Crippen molar-refractivity contribution in [1.82, 2.24) is 15.3 Å². The van der Waals surface area contributed by atoms with E-state index in [1.165, 1.54) is 18.5 Å². The van der Waals surface area contributed by atoms with Crippen molar-refractivity contribution in [2.45, 2.75) is 4.90 Å². The van der Waals surface area contributed by atoms with Crippen molar-refractivity contribution in [1.29, 1.82) is 0 Å². The van der Waals surface area contributed by atoms with E-state index in [1.807, 2.05) is 48.5 Å². The number of thioether (sulfide) groups is 1. The Morgan fingerprint density at radius 3 is 2.38 bits per heavy atom. The zero-order valence-corrected chi connectivity index (χ0v) is 18.0. The second kappa shape index (κ2) is 10.1. The zero-order chi connectivity index (χ0) is 22.3. The normalized spacial score (nSPS) is 10.7. The first-order valence-electron chi connectivity index (χ1n) is 10.0. The lowest BCUT2D eigenvalue weighted by molar-refractivity contribution is 0.0956. The van der Waals surface area contributed by atoms with Gasteiger partial charge in [-0.3, -0.25) is 4.79 Å². The molecule has 0 aliphatic carbocycles. The topological polar surface area (TPSA) is 80.9 Å². The molecule has 0 aliphatic rings. The van der Waals surface area contributed by atoms with Gasteiger partial charge in [-0.25, -0.2) is 14.4 Å². The molecular weight excluding hydrogens is 423 g/mol. The summed E-state index contributed by atoms with van der Waals surface area (Å²) in [6, 6.07) is 22.1. The molecule has 0 spiro atoms. The van der Waals surface area contributed by atoms with E-state index in [2.05, 4.69) is 15.3 Å². The maximum absolute atomic E-state index is 14.9. The van der Waals surface area contributed by atoms with Gasteiger partial charge in [0.1, 0.15) is 5.82 Å². The summed E-state index contributed by atoms with van der Waals surface area (Å²) in [5, 5.41) is 2.93. The molecule has 3 N–H and O–H groups in total. The zero-order valence-electron chi connectivity index (χ0n) is 17.2. The van der Waals surface area contributed by atoms with Crippen LogP contribution in [0.1, 0.15) is 10.4 Å². The standard InChI is InChI=1S/C25H21FN4OS/c26-22-14-18(10-11-20(22)19-15-29-25(27)30-16-19)21-8-4-5-9-23(21)32-13-12-28-24(31)17-6-2-1-3-7-17/h1-11,14-16H,12-13H2,(H,28,31)(H2,27,29,30). The molecular formula is C25H21FN4OS. The molecule has 0 unspecified atom stereocenters. The number of hydrogen-bond donors (Lipinski definition) is 2. The Kier molecular flexibility index (Phi) is 6.77. The number of anilines is 1. The Morgan fingerprint density at radius 1 is 0.906 bits per heavy atom. The van der Waals surface area contributed by atoms with Gasteiger partial charge in [-0.15, -0.1) is 11.8 Å². The molecule has 160 valence electrons. The Labute approximate surface area is 189 Å². The smallest absolute Gasteiger partial charge is 0.251 e. The SMILES string of the molecule is Nc1ncc(-c2ccc(-c3ccccc3SCCNC(=O)c3ccccc3)cc2F)cn1. The van der Waals surface area contributed by atoms with Crippen molar-refractivity contribution >= 4 is 23.6 Å². The van der Waals surface area contributed by atoms with E-state index >= 15 is 0 Å². The largest absolute Gasteiger partial charge is 0.368 e. The molecule has 0 radical (unpaired) electrons. The molecule has 4 rings (SSSR count). The number of hydrogen-bond acceptors (Lipinski definition) is 5. The number of rotatable bonds is 7. The summed E-state index contributed by atoms with van der Waals surface area (Å²) in [7, 11) is 0. The van der Waals surface area contributed by atoms with E-state index < -0.39 is 0 Å². The van der Waals surface area contributed by atoms with Crippen molar-refractivity contribution < 1.29 is 9.18 Å². The third-order valence-corrected chi connectivity index (χ3v) is 5.91. The highest BCUT2D eigenvalue weighted by atomic mass is 32.2. The molecule has 1 heterocycles. The monoisotopic (exact) mass is 444 g/mol. The van der Waals surface area contributed by atoms with Crippen LogP contribution in [0.25, 0.3) is 22.3 Å². The van der Waals surface area contributed by atoms with Crippen LogP contribution in [-0.2, 0) is 0 Å². The lowest BCUT2D eigenvalue weighted by atomic mass is 10.0. The van der Waals surface area contributed by atoms with Gasteiger partial charge in [-0.1, -0.05) is 48.5 Å². The molecule has 0 atom stereocenters. The number of nitrogen functional groups attached to an aromatic ring is 1. The van der Waals surface area contributed by atoms with E-state index in [0.29, 0.717) is 29.0 Å². The van der Waals surface area contributed by atoms with Gasteiger partial charge in [0.15, 0.2) is 0 Å². The fraction of sp³-hybridized carbons (Fsp3) is 0.0800. The third kappa shape index (κ3) is 5.12. The average molecular weight is 445 g/mol. The predicted octanol–water partition coefficient (Wildman–Crippen LogP) is 5.05. The summed E-state index contributed by atoms with van der Waals surface area (Å²) in [6.45, 7) is 0.525. The van der Waals surface area contributed by atoms with Gasteiger partial charge in [-0.05, 0) is 35.4 Å². The molecule has 32 heavy (non-hydrogen) atoms. The van der Waals surface area contributed by atoms with Crippen molar-refractivity contribution in [2.24, 2.45) is 0 Å². The first-order chi connectivity index (χ1) is 15.6. The van der Waals surface area contributed by atoms with Gasteiger partial charge in [-0.2, -0.15) is 0 Å². The van der Waals surface area contributed by atoms with Crippen LogP contribution in [0.2, 0.25) is 0 Å². The van der Waals surface area contributed by atoms with E-state index in [4.69, 9.17) is 5.73 Å². The fourth-order valence-corrected chi connectivity index (χ4v) is 4.18. The first kappa shape index (κ1) is 21.5. The second-order valence-electron chi connectivity index (χ2n) is 6.99. The first-order valence-corrected chi connectivity index (χ1v) is 11.0. The highest BCUT2D eigenvalue weighted by molar-refractivity contribution is 7.99. The number of carbonyl (C=O) groups is 1. The van der Waals surface area contributed by atoms with Crippen LogP contribution in [0, 0.1) is 5.82 Å². The molecule has 0 saturated heterocycles. The fourth-order valence-electron chi connectivity index (χ4n) is 3.24. The number of benzene rings is 3. The van der Waals surface area contributed by atoms with Gasteiger partial charge in [0.2, 0.25) is 5.95 Å². The molecule has 5 nitrogen and oxygen atoms in total. The minimum absolute atomic E-state index is 0.0937. The summed E-state index contributed by atoms with van der Waals surface area (Å²) in [5.74, 6) is 0.394. The molecule has 1 aromatic heterocycles. The van der Waals surface area contributed by atoms with Crippen LogP contribution in [0.5, 0.6) is 0 Å². The molecule has 0 fully saturated rings. The van der Waals surface area contributed by atoms with Crippen LogP contribution in [-0.4, -0.2) is 28.2 Å². The number of carbonyl (C=O) groups excluding carboxylic acids is 1. The Bertz CT molecular complexity index is 1220. The number of halogens is 1. The van der Waals surface area contributed by atoms with E-state index in [9.17, 15) is 9.18 Å². The number of nitrogens with zero attached hydrogens (tertiary/aromatic N) is 2. The number of nitrogens with one attached hydrogen (secondary N) is 1. The van der Waals surface area contributed by atoms with Gasteiger partial charge < -0.3 is 11.1 Å². The molecule has 1 amide bonds. The summed E-state index contributed by atoms with van der Waals surface area (Å²) < 4.78 is 14.9. The summed E-state index contributed by atoms with van der Waals surface area (Å²) >= 11 is 1.62. The van der Waals surface area contributed by atoms with Crippen molar-refractivity contribution in [3.05, 3.63) is 96.6 Å². The van der Waals surface area contributed by atoms with Crippen LogP contribution in [0.4, 0.5) is 10.3 Å². The second-order valence-corrected chi connectivity index (χ2v) is 8.13. The van der Waals surface area contributed by atoms with Crippen LogP contribution in [0.15, 0.2) is 90.1 Å². The van der Waals surface area contributed by atoms with Crippen LogP contribution in [0.3, 0.4) is 0 Å². The summed E-state index contributed by atoms with van der Waals surface area (Å²) in [6.07, 6.45) is 3.02. The highest BCUT2D eigenvalue weighted by Gasteiger charge is 2.11. The average Bonchev–Trinajstić information content (AvgIpc) is 2.83. The Balaban J connectivity index is 1.44. The maximum Gasteiger partial charge on any atom is 0.251 e. The summed E-state index contributed by atoms with van der Waals surface area (Å²) in [4.78, 5) is 21.1. The van der Waals surface area contributed by atoms with Gasteiger partial charge in [0, 0.05) is 46.3 Å². The lowest BCUT2D eigenvalue weighted by Crippen LogP contribution is -2.25. The van der Waals surface area contributed by atoms with E-state index in [0.717, 1.165) is 16.0 Å². The molecule has 0 saturated carbocycles. The number of amides is 1. The van der Waals surface area contributed by atoms with Gasteiger partial charge >= 0.3 is 0 Å². The highest BCUT2D eigenvalue weighted by Crippen LogP contribution is 2.33. The quantitative estimate of drug-likeness (QED) is 0.308. The van der Waals surface area contributed by atoms with Gasteiger partial charge in [0.05, 0.1) is 0 Å². The van der Waals surface area contributed by atoms with E-state index in [-0.39, 0.29) is 17.7 Å². The molecule has 7 heteroatoms. The molecule has 0 bridgehead atoms. The van der Waals surface area contributed by atoms with Gasteiger partial charge in [0.25, 0.3) is 5.91 Å². The molecule has 0 aliphatic heterocycles. The number of nitrogens with two attached hydrogens (primary N) is 1. The maximum atomic E-state index is 14.9. The Hall–Kier alpha value is -3.71. The number of aromatic nitrogens is 2. The minimum Gasteiger partial charge on any atom is -0.368 e.